The van der Waals surface area contributed by atoms with E-state index in [4.69, 9.17) is 0 Å². The molecule has 0 aromatic carbocycles. The number of carbonyl (C=O) groups excluding carboxylic acids is 2. The summed E-state index contributed by atoms with van der Waals surface area (Å²) >= 11 is 0. The SMILES string of the molecule is CCNC(=O)Cn1c2c(c(=O)n3nc(C(C)(C)C)cc13)CN(CC(C)C)C2=O. The normalized spacial score (nSPS) is 14.2. The second-order valence-corrected chi connectivity index (χ2v) is 8.80. The van der Waals surface area contributed by atoms with Gasteiger partial charge < -0.3 is 14.8 Å². The molecule has 0 aliphatic carbocycles. The lowest BCUT2D eigenvalue weighted by atomic mass is 9.93. The minimum atomic E-state index is -0.285. The van der Waals surface area contributed by atoms with Crippen LogP contribution in [0.4, 0.5) is 0 Å². The summed E-state index contributed by atoms with van der Waals surface area (Å²) in [6.45, 7) is 13.2. The summed E-state index contributed by atoms with van der Waals surface area (Å²) < 4.78 is 2.98. The second kappa shape index (κ2) is 7.07. The van der Waals surface area contributed by atoms with Gasteiger partial charge in [-0.1, -0.05) is 34.6 Å². The highest BCUT2D eigenvalue weighted by atomic mass is 16.2. The zero-order valence-electron chi connectivity index (χ0n) is 17.5. The summed E-state index contributed by atoms with van der Waals surface area (Å²) in [5.41, 5.74) is 1.38. The lowest BCUT2D eigenvalue weighted by Gasteiger charge is -2.18. The van der Waals surface area contributed by atoms with Crippen LogP contribution in [0.2, 0.25) is 0 Å². The van der Waals surface area contributed by atoms with E-state index < -0.39 is 0 Å². The Balaban J connectivity index is 2.24. The van der Waals surface area contributed by atoms with E-state index in [9.17, 15) is 14.4 Å². The van der Waals surface area contributed by atoms with E-state index in [0.29, 0.717) is 30.0 Å². The molecule has 2 aromatic rings. The van der Waals surface area contributed by atoms with E-state index in [1.807, 2.05) is 41.5 Å². The van der Waals surface area contributed by atoms with Crippen molar-refractivity contribution in [2.75, 3.05) is 13.1 Å². The molecule has 8 nitrogen and oxygen atoms in total. The molecule has 0 saturated carbocycles. The fourth-order valence-electron chi connectivity index (χ4n) is 3.53. The van der Waals surface area contributed by atoms with Crippen molar-refractivity contribution < 1.29 is 9.59 Å². The summed E-state index contributed by atoms with van der Waals surface area (Å²) in [5, 5.41) is 7.28. The van der Waals surface area contributed by atoms with Gasteiger partial charge in [-0.2, -0.15) is 9.61 Å². The standard InChI is InChI=1S/C20H29N5O3/c1-7-21-15(26)11-24-16-8-14(20(4,5)6)22-25(16)18(27)13-10-23(9-12(2)3)19(28)17(13)24/h8,12H,7,9-11H2,1-6H3,(H,21,26). The van der Waals surface area contributed by atoms with Crippen molar-refractivity contribution in [1.82, 2.24) is 24.4 Å². The van der Waals surface area contributed by atoms with Crippen molar-refractivity contribution in [1.29, 1.82) is 0 Å². The van der Waals surface area contributed by atoms with E-state index >= 15 is 0 Å². The molecule has 0 fully saturated rings. The molecular formula is C20H29N5O3. The molecule has 3 rings (SSSR count). The summed E-state index contributed by atoms with van der Waals surface area (Å²) in [6.07, 6.45) is 0. The van der Waals surface area contributed by atoms with Gasteiger partial charge in [-0.05, 0) is 12.8 Å². The Morgan fingerprint density at radius 3 is 2.54 bits per heavy atom. The van der Waals surface area contributed by atoms with Crippen LogP contribution in [0, 0.1) is 5.92 Å². The number of hydrogen-bond acceptors (Lipinski definition) is 4. The van der Waals surface area contributed by atoms with Crippen molar-refractivity contribution in [3.8, 4) is 0 Å². The van der Waals surface area contributed by atoms with Gasteiger partial charge in [-0.15, -0.1) is 0 Å². The quantitative estimate of drug-likeness (QED) is 0.843. The second-order valence-electron chi connectivity index (χ2n) is 8.80. The first-order chi connectivity index (χ1) is 13.0. The fraction of sp³-hybridized carbons (Fsp3) is 0.600. The third-order valence-corrected chi connectivity index (χ3v) is 4.84. The average molecular weight is 387 g/mol. The Bertz CT molecular complexity index is 994. The van der Waals surface area contributed by atoms with Gasteiger partial charge in [-0.3, -0.25) is 14.4 Å². The van der Waals surface area contributed by atoms with Crippen LogP contribution < -0.4 is 10.9 Å². The van der Waals surface area contributed by atoms with Crippen molar-refractivity contribution in [2.24, 2.45) is 5.92 Å². The van der Waals surface area contributed by atoms with Crippen LogP contribution in [0.5, 0.6) is 0 Å². The summed E-state index contributed by atoms with van der Waals surface area (Å²) in [4.78, 5) is 40.2. The number of nitrogens with zero attached hydrogens (tertiary/aromatic N) is 4. The van der Waals surface area contributed by atoms with Crippen molar-refractivity contribution in [3.63, 3.8) is 0 Å². The van der Waals surface area contributed by atoms with Gasteiger partial charge in [0.25, 0.3) is 11.5 Å². The molecule has 1 aliphatic heterocycles. The summed E-state index contributed by atoms with van der Waals surface area (Å²) in [6, 6.07) is 1.80. The van der Waals surface area contributed by atoms with Crippen LogP contribution >= 0.6 is 0 Å². The molecule has 0 spiro atoms. The van der Waals surface area contributed by atoms with Gasteiger partial charge in [-0.25, -0.2) is 0 Å². The predicted octanol–water partition coefficient (Wildman–Crippen LogP) is 1.54. The Hall–Kier alpha value is -2.64. The topological polar surface area (TPSA) is 88.7 Å². The van der Waals surface area contributed by atoms with Gasteiger partial charge in [0.2, 0.25) is 5.91 Å². The van der Waals surface area contributed by atoms with Crippen LogP contribution in [-0.2, 0) is 23.3 Å². The number of amides is 2. The van der Waals surface area contributed by atoms with E-state index in [1.54, 1.807) is 15.5 Å². The molecule has 2 aromatic heterocycles. The molecular weight excluding hydrogens is 358 g/mol. The van der Waals surface area contributed by atoms with E-state index in [2.05, 4.69) is 10.4 Å². The van der Waals surface area contributed by atoms with Crippen molar-refractivity contribution in [2.45, 2.75) is 60.0 Å². The number of carbonyl (C=O) groups is 2. The first-order valence-corrected chi connectivity index (χ1v) is 9.76. The Labute approximate surface area is 164 Å². The number of hydrogen-bond donors (Lipinski definition) is 1. The molecule has 8 heteroatoms. The average Bonchev–Trinajstić information content (AvgIpc) is 3.15. The molecule has 152 valence electrons. The highest BCUT2D eigenvalue weighted by Crippen LogP contribution is 2.26. The van der Waals surface area contributed by atoms with Crippen LogP contribution in [0.25, 0.3) is 5.65 Å². The third kappa shape index (κ3) is 3.43. The number of aromatic nitrogens is 3. The van der Waals surface area contributed by atoms with Crippen LogP contribution in [0.15, 0.2) is 10.9 Å². The van der Waals surface area contributed by atoms with Gasteiger partial charge >= 0.3 is 0 Å². The third-order valence-electron chi connectivity index (χ3n) is 4.84. The van der Waals surface area contributed by atoms with Crippen molar-refractivity contribution >= 4 is 17.5 Å². The maximum atomic E-state index is 13.1. The largest absolute Gasteiger partial charge is 0.355 e. The number of nitrogens with one attached hydrogen (secondary N) is 1. The Kier molecular flexibility index (Phi) is 5.08. The van der Waals surface area contributed by atoms with Gasteiger partial charge in [0.1, 0.15) is 17.9 Å². The Morgan fingerprint density at radius 2 is 1.96 bits per heavy atom. The minimum Gasteiger partial charge on any atom is -0.355 e. The van der Waals surface area contributed by atoms with E-state index in [0.717, 1.165) is 5.69 Å². The molecule has 0 unspecified atom stereocenters. The maximum Gasteiger partial charge on any atom is 0.280 e. The van der Waals surface area contributed by atoms with Crippen LogP contribution in [0.1, 0.15) is 63.3 Å². The molecule has 1 aliphatic rings. The highest BCUT2D eigenvalue weighted by Gasteiger charge is 2.35. The smallest absolute Gasteiger partial charge is 0.280 e. The maximum absolute atomic E-state index is 13.1. The molecule has 0 saturated heterocycles. The molecule has 0 radical (unpaired) electrons. The zero-order chi connectivity index (χ0) is 20.8. The molecule has 1 N–H and O–H groups in total. The van der Waals surface area contributed by atoms with E-state index in [-0.39, 0.29) is 41.8 Å². The number of likely N-dealkylation sites (N-methyl/N-ethyl adjacent to an activating group) is 1. The fourth-order valence-corrected chi connectivity index (χ4v) is 3.53. The zero-order valence-corrected chi connectivity index (χ0v) is 17.5. The molecule has 0 bridgehead atoms. The summed E-state index contributed by atoms with van der Waals surface area (Å²) in [5.74, 6) is -0.128. The van der Waals surface area contributed by atoms with Gasteiger partial charge in [0.15, 0.2) is 0 Å². The first kappa shape index (κ1) is 20.1. The lowest BCUT2D eigenvalue weighted by molar-refractivity contribution is -0.121. The highest BCUT2D eigenvalue weighted by molar-refractivity contribution is 5.97. The van der Waals surface area contributed by atoms with Gasteiger partial charge in [0.05, 0.1) is 17.8 Å². The molecule has 2 amide bonds. The Morgan fingerprint density at radius 1 is 1.29 bits per heavy atom. The number of rotatable bonds is 5. The molecule has 28 heavy (non-hydrogen) atoms. The van der Waals surface area contributed by atoms with Gasteiger partial charge in [0, 0.05) is 24.6 Å². The molecule has 3 heterocycles. The summed E-state index contributed by atoms with van der Waals surface area (Å²) in [7, 11) is 0. The lowest BCUT2D eigenvalue weighted by Crippen LogP contribution is -2.33. The van der Waals surface area contributed by atoms with Crippen molar-refractivity contribution in [3.05, 3.63) is 33.4 Å². The molecule has 0 atom stereocenters. The number of fused-ring (bicyclic) bond motifs is 2. The minimum absolute atomic E-state index is 0.0313. The predicted molar refractivity (Wildman–Crippen MR) is 106 cm³/mol. The van der Waals surface area contributed by atoms with Crippen LogP contribution in [-0.4, -0.2) is 44.0 Å². The first-order valence-electron chi connectivity index (χ1n) is 9.76. The monoisotopic (exact) mass is 387 g/mol. The van der Waals surface area contributed by atoms with Crippen LogP contribution in [0.3, 0.4) is 0 Å². The van der Waals surface area contributed by atoms with E-state index in [1.165, 1.54) is 4.52 Å².